The first kappa shape index (κ1) is 20.4. The van der Waals surface area contributed by atoms with E-state index in [1.807, 2.05) is 36.9 Å². The molecule has 1 saturated heterocycles. The Morgan fingerprint density at radius 1 is 1.14 bits per heavy atom. The van der Waals surface area contributed by atoms with Gasteiger partial charge in [-0.15, -0.1) is 0 Å². The lowest BCUT2D eigenvalue weighted by Gasteiger charge is -2.40. The van der Waals surface area contributed by atoms with Crippen LogP contribution in [0, 0.1) is 13.8 Å². The Balaban J connectivity index is 2.17. The van der Waals surface area contributed by atoms with Crippen LogP contribution in [0.1, 0.15) is 53.1 Å². The Kier molecular flexibility index (Phi) is 5.79. The average molecular weight is 391 g/mol. The minimum Gasteiger partial charge on any atom is -0.480 e. The molecule has 2 unspecified atom stereocenters. The molecule has 2 atom stereocenters. The first-order chi connectivity index (χ1) is 13.2. The smallest absolute Gasteiger partial charge is 0.416 e. The number of benzene rings is 2. The van der Waals surface area contributed by atoms with Crippen molar-refractivity contribution in [1.82, 2.24) is 4.90 Å². The number of nitrogens with zero attached hydrogens (tertiary/aromatic N) is 1. The molecule has 28 heavy (non-hydrogen) atoms. The molecule has 0 spiro atoms. The van der Waals surface area contributed by atoms with Gasteiger partial charge in [0.2, 0.25) is 0 Å². The molecule has 0 aliphatic carbocycles. The molecule has 2 aromatic rings. The normalized spacial score (nSPS) is 19.4. The van der Waals surface area contributed by atoms with Crippen LogP contribution >= 0.6 is 0 Å². The summed E-state index contributed by atoms with van der Waals surface area (Å²) in [6.45, 7) is 4.37. The van der Waals surface area contributed by atoms with E-state index in [0.29, 0.717) is 18.5 Å². The van der Waals surface area contributed by atoms with Gasteiger partial charge >= 0.3 is 12.1 Å². The van der Waals surface area contributed by atoms with E-state index in [2.05, 4.69) is 0 Å². The molecule has 0 saturated carbocycles. The highest BCUT2D eigenvalue weighted by atomic mass is 19.4. The molecule has 1 aliphatic rings. The number of aryl methyl sites for hydroxylation is 2. The number of carbonyl (C=O) groups is 1. The number of likely N-dealkylation sites (tertiary alicyclic amines) is 1. The number of piperidine rings is 1. The third-order valence-corrected chi connectivity index (χ3v) is 5.42. The van der Waals surface area contributed by atoms with Gasteiger partial charge in [0.05, 0.1) is 11.6 Å². The van der Waals surface area contributed by atoms with E-state index in [4.69, 9.17) is 0 Å². The van der Waals surface area contributed by atoms with Gasteiger partial charge in [0.25, 0.3) is 0 Å². The number of carboxylic acids is 1. The molecular formula is C22H24F3NO2. The number of hydrogen-bond donors (Lipinski definition) is 1. The minimum absolute atomic E-state index is 0.469. The molecule has 3 nitrogen and oxygen atoms in total. The summed E-state index contributed by atoms with van der Waals surface area (Å²) in [6, 6.07) is 9.85. The fourth-order valence-electron chi connectivity index (χ4n) is 4.02. The van der Waals surface area contributed by atoms with E-state index in [9.17, 15) is 23.1 Å². The maximum atomic E-state index is 13.3. The largest absolute Gasteiger partial charge is 0.480 e. The Morgan fingerprint density at radius 2 is 1.89 bits per heavy atom. The zero-order chi connectivity index (χ0) is 20.5. The van der Waals surface area contributed by atoms with Crippen molar-refractivity contribution in [2.75, 3.05) is 6.54 Å². The monoisotopic (exact) mass is 391 g/mol. The SMILES string of the molecule is Cc1ccc(C)c(C(c2cccc(C(F)(F)F)c2)N2CCCCC2C(=O)O)c1. The molecule has 0 bridgehead atoms. The molecule has 2 aromatic carbocycles. The predicted octanol–water partition coefficient (Wildman–Crippen LogP) is 5.35. The highest BCUT2D eigenvalue weighted by Crippen LogP contribution is 2.38. The summed E-state index contributed by atoms with van der Waals surface area (Å²) in [6.07, 6.45) is -2.33. The van der Waals surface area contributed by atoms with Crippen molar-refractivity contribution in [2.24, 2.45) is 0 Å². The van der Waals surface area contributed by atoms with Crippen LogP contribution in [0.5, 0.6) is 0 Å². The molecule has 6 heteroatoms. The topological polar surface area (TPSA) is 40.5 Å². The van der Waals surface area contributed by atoms with Crippen LogP contribution in [-0.4, -0.2) is 28.6 Å². The van der Waals surface area contributed by atoms with Gasteiger partial charge in [0, 0.05) is 0 Å². The molecule has 1 aliphatic heterocycles. The van der Waals surface area contributed by atoms with Gasteiger partial charge < -0.3 is 5.11 Å². The van der Waals surface area contributed by atoms with Crippen LogP contribution in [0.3, 0.4) is 0 Å². The van der Waals surface area contributed by atoms with Crippen LogP contribution in [0.15, 0.2) is 42.5 Å². The fourth-order valence-corrected chi connectivity index (χ4v) is 4.02. The number of halogens is 3. The van der Waals surface area contributed by atoms with E-state index < -0.39 is 29.8 Å². The number of rotatable bonds is 4. The Hall–Kier alpha value is -2.34. The maximum absolute atomic E-state index is 13.3. The number of alkyl halides is 3. The molecular weight excluding hydrogens is 367 g/mol. The molecule has 1 heterocycles. The third-order valence-electron chi connectivity index (χ3n) is 5.42. The lowest BCUT2D eigenvalue weighted by molar-refractivity contribution is -0.145. The highest BCUT2D eigenvalue weighted by Gasteiger charge is 2.37. The number of carboxylic acid groups (broad SMARTS) is 1. The number of aliphatic carboxylic acids is 1. The van der Waals surface area contributed by atoms with Crippen molar-refractivity contribution in [3.63, 3.8) is 0 Å². The van der Waals surface area contributed by atoms with Crippen molar-refractivity contribution in [3.05, 3.63) is 70.3 Å². The Bertz CT molecular complexity index is 863. The van der Waals surface area contributed by atoms with Crippen LogP contribution in [0.4, 0.5) is 13.2 Å². The van der Waals surface area contributed by atoms with Gasteiger partial charge in [0.15, 0.2) is 0 Å². The standard InChI is InChI=1S/C22H24F3NO2/c1-14-9-10-15(2)18(12-14)20(26-11-4-3-8-19(26)21(27)28)16-6-5-7-17(13-16)22(23,24)25/h5-7,9-10,12-13,19-20H,3-4,8,11H2,1-2H3,(H,27,28). The summed E-state index contributed by atoms with van der Waals surface area (Å²) in [5, 5.41) is 9.74. The fraction of sp³-hybridized carbons (Fsp3) is 0.409. The second-order valence-corrected chi connectivity index (χ2v) is 7.47. The summed E-state index contributed by atoms with van der Waals surface area (Å²) in [5.74, 6) is -0.929. The molecule has 0 aromatic heterocycles. The summed E-state index contributed by atoms with van der Waals surface area (Å²) in [7, 11) is 0. The summed E-state index contributed by atoms with van der Waals surface area (Å²) in [4.78, 5) is 13.7. The van der Waals surface area contributed by atoms with Gasteiger partial charge in [-0.25, -0.2) is 0 Å². The lowest BCUT2D eigenvalue weighted by Crippen LogP contribution is -2.47. The molecule has 0 amide bonds. The summed E-state index contributed by atoms with van der Waals surface area (Å²) < 4.78 is 39.9. The quantitative estimate of drug-likeness (QED) is 0.764. The lowest BCUT2D eigenvalue weighted by atomic mass is 9.88. The number of hydrogen-bond acceptors (Lipinski definition) is 2. The van der Waals surface area contributed by atoms with Gasteiger partial charge in [-0.2, -0.15) is 13.2 Å². The first-order valence-electron chi connectivity index (χ1n) is 9.41. The maximum Gasteiger partial charge on any atom is 0.416 e. The molecule has 1 fully saturated rings. The second kappa shape index (κ2) is 7.95. The van der Waals surface area contributed by atoms with Crippen molar-refractivity contribution in [3.8, 4) is 0 Å². The highest BCUT2D eigenvalue weighted by molar-refractivity contribution is 5.73. The second-order valence-electron chi connectivity index (χ2n) is 7.47. The molecule has 1 N–H and O–H groups in total. The molecule has 3 rings (SSSR count). The van der Waals surface area contributed by atoms with Crippen LogP contribution < -0.4 is 0 Å². The summed E-state index contributed by atoms with van der Waals surface area (Å²) >= 11 is 0. The van der Waals surface area contributed by atoms with Crippen LogP contribution in [-0.2, 0) is 11.0 Å². The molecule has 150 valence electrons. The van der Waals surface area contributed by atoms with Crippen LogP contribution in [0.2, 0.25) is 0 Å². The zero-order valence-electron chi connectivity index (χ0n) is 16.0. The summed E-state index contributed by atoms with van der Waals surface area (Å²) in [5.41, 5.74) is 2.53. The molecule has 0 radical (unpaired) electrons. The van der Waals surface area contributed by atoms with E-state index >= 15 is 0 Å². The predicted molar refractivity (Wildman–Crippen MR) is 101 cm³/mol. The van der Waals surface area contributed by atoms with Gasteiger partial charge in [-0.1, -0.05) is 42.3 Å². The first-order valence-corrected chi connectivity index (χ1v) is 9.41. The third kappa shape index (κ3) is 4.22. The minimum atomic E-state index is -4.45. The van der Waals surface area contributed by atoms with Gasteiger partial charge in [0.1, 0.15) is 6.04 Å². The van der Waals surface area contributed by atoms with Crippen molar-refractivity contribution in [2.45, 2.75) is 51.4 Å². The van der Waals surface area contributed by atoms with E-state index in [0.717, 1.165) is 41.7 Å². The Labute approximate surface area is 162 Å². The van der Waals surface area contributed by atoms with E-state index in [1.165, 1.54) is 6.07 Å². The average Bonchev–Trinajstić information content (AvgIpc) is 2.65. The van der Waals surface area contributed by atoms with Crippen molar-refractivity contribution < 1.29 is 23.1 Å². The van der Waals surface area contributed by atoms with E-state index in [1.54, 1.807) is 6.07 Å². The van der Waals surface area contributed by atoms with Crippen molar-refractivity contribution >= 4 is 5.97 Å². The van der Waals surface area contributed by atoms with Gasteiger partial charge in [-0.05, 0) is 62.1 Å². The van der Waals surface area contributed by atoms with Crippen LogP contribution in [0.25, 0.3) is 0 Å². The van der Waals surface area contributed by atoms with E-state index in [-0.39, 0.29) is 0 Å². The van der Waals surface area contributed by atoms with Crippen molar-refractivity contribution in [1.29, 1.82) is 0 Å². The van der Waals surface area contributed by atoms with Gasteiger partial charge in [-0.3, -0.25) is 9.69 Å². The zero-order valence-corrected chi connectivity index (χ0v) is 16.0. The Morgan fingerprint density at radius 3 is 2.57 bits per heavy atom.